The number of aryl methyl sites for hydroxylation is 1. The summed E-state index contributed by atoms with van der Waals surface area (Å²) in [4.78, 5) is 25.1. The van der Waals surface area contributed by atoms with E-state index in [1.165, 1.54) is 4.74 Å². The predicted molar refractivity (Wildman–Crippen MR) is 53.8 cm³/mol. The molecule has 0 aliphatic carbocycles. The molecule has 0 saturated carbocycles. The highest BCUT2D eigenvalue weighted by Gasteiger charge is 2.26. The Morgan fingerprint density at radius 2 is 1.93 bits per heavy atom. The summed E-state index contributed by atoms with van der Waals surface area (Å²) in [5, 5.41) is 0. The molecule has 1 amide bonds. The van der Waals surface area contributed by atoms with Crippen LogP contribution in [-0.4, -0.2) is 28.6 Å². The molecular formula is C10H14N2O3. The SMILES string of the molecule is Cc1c(C(=O)N2CCCC2)c(=O)on1C. The smallest absolute Gasteiger partial charge is 0.338 e. The van der Waals surface area contributed by atoms with Gasteiger partial charge in [-0.05, 0) is 19.8 Å². The molecule has 0 unspecified atom stereocenters. The van der Waals surface area contributed by atoms with Crippen LogP contribution >= 0.6 is 0 Å². The van der Waals surface area contributed by atoms with E-state index in [2.05, 4.69) is 0 Å². The Labute approximate surface area is 87.2 Å². The number of carbonyl (C=O) groups is 1. The molecule has 0 atom stereocenters. The standard InChI is InChI=1S/C10H14N2O3/c1-7-8(10(14)15-11(7)2)9(13)12-5-3-4-6-12/h3-6H2,1-2H3. The van der Waals surface area contributed by atoms with E-state index in [-0.39, 0.29) is 11.5 Å². The highest BCUT2D eigenvalue weighted by atomic mass is 16.5. The number of amides is 1. The van der Waals surface area contributed by atoms with Gasteiger partial charge in [-0.15, -0.1) is 0 Å². The summed E-state index contributed by atoms with van der Waals surface area (Å²) in [7, 11) is 1.62. The number of hydrogen-bond donors (Lipinski definition) is 0. The first kappa shape index (κ1) is 10.0. The number of carbonyl (C=O) groups excluding carboxylic acids is 1. The van der Waals surface area contributed by atoms with Gasteiger partial charge in [0.1, 0.15) is 5.56 Å². The van der Waals surface area contributed by atoms with Crippen LogP contribution in [0.3, 0.4) is 0 Å². The largest absolute Gasteiger partial charge is 0.370 e. The first-order valence-electron chi connectivity index (χ1n) is 5.07. The van der Waals surface area contributed by atoms with E-state index in [9.17, 15) is 9.59 Å². The van der Waals surface area contributed by atoms with Crippen molar-refractivity contribution in [1.29, 1.82) is 0 Å². The van der Waals surface area contributed by atoms with Gasteiger partial charge in [-0.25, -0.2) is 9.53 Å². The van der Waals surface area contributed by atoms with Crippen molar-refractivity contribution in [2.24, 2.45) is 7.05 Å². The van der Waals surface area contributed by atoms with Crippen molar-refractivity contribution < 1.29 is 9.32 Å². The van der Waals surface area contributed by atoms with E-state index < -0.39 is 5.63 Å². The Morgan fingerprint density at radius 1 is 1.33 bits per heavy atom. The second kappa shape index (κ2) is 3.56. The van der Waals surface area contributed by atoms with Crippen LogP contribution in [0.25, 0.3) is 0 Å². The normalized spacial score (nSPS) is 16.0. The topological polar surface area (TPSA) is 55.5 Å². The van der Waals surface area contributed by atoms with Gasteiger partial charge in [0.05, 0.1) is 5.69 Å². The van der Waals surface area contributed by atoms with Crippen molar-refractivity contribution in [2.45, 2.75) is 19.8 Å². The molecule has 2 rings (SSSR count). The Balaban J connectivity index is 2.36. The Kier molecular flexibility index (Phi) is 2.38. The van der Waals surface area contributed by atoms with Crippen LogP contribution in [0.1, 0.15) is 28.9 Å². The fraction of sp³-hybridized carbons (Fsp3) is 0.600. The molecule has 1 aromatic heterocycles. The Bertz CT molecular complexity index is 438. The van der Waals surface area contributed by atoms with Crippen molar-refractivity contribution >= 4 is 5.91 Å². The first-order chi connectivity index (χ1) is 7.11. The van der Waals surface area contributed by atoms with Crippen LogP contribution in [0.5, 0.6) is 0 Å². The minimum atomic E-state index is -0.535. The van der Waals surface area contributed by atoms with E-state index in [0.717, 1.165) is 25.9 Å². The minimum absolute atomic E-state index is 0.180. The Hall–Kier alpha value is -1.52. The lowest BCUT2D eigenvalue weighted by Crippen LogP contribution is -2.31. The third-order valence-electron chi connectivity index (χ3n) is 2.87. The van der Waals surface area contributed by atoms with E-state index in [1.54, 1.807) is 18.9 Å². The fourth-order valence-electron chi connectivity index (χ4n) is 1.86. The molecule has 82 valence electrons. The molecule has 0 bridgehead atoms. The van der Waals surface area contributed by atoms with Gasteiger partial charge in [0.25, 0.3) is 5.91 Å². The summed E-state index contributed by atoms with van der Waals surface area (Å²) in [6.45, 7) is 3.20. The van der Waals surface area contributed by atoms with Crippen LogP contribution in [0.15, 0.2) is 9.32 Å². The molecule has 0 radical (unpaired) electrons. The van der Waals surface area contributed by atoms with Gasteiger partial charge < -0.3 is 9.42 Å². The molecule has 1 aromatic rings. The third kappa shape index (κ3) is 1.58. The molecule has 0 spiro atoms. The van der Waals surface area contributed by atoms with Crippen molar-refractivity contribution in [2.75, 3.05) is 13.1 Å². The quantitative estimate of drug-likeness (QED) is 0.679. The molecule has 5 nitrogen and oxygen atoms in total. The molecule has 5 heteroatoms. The maximum atomic E-state index is 12.0. The van der Waals surface area contributed by atoms with Gasteiger partial charge in [0.15, 0.2) is 0 Å². The fourth-order valence-corrected chi connectivity index (χ4v) is 1.86. The number of aromatic nitrogens is 1. The average molecular weight is 210 g/mol. The van der Waals surface area contributed by atoms with Crippen LogP contribution in [0.4, 0.5) is 0 Å². The lowest BCUT2D eigenvalue weighted by molar-refractivity contribution is 0.0789. The van der Waals surface area contributed by atoms with E-state index in [0.29, 0.717) is 5.69 Å². The number of hydrogen-bond acceptors (Lipinski definition) is 3. The number of nitrogens with zero attached hydrogens (tertiary/aromatic N) is 2. The summed E-state index contributed by atoms with van der Waals surface area (Å²) in [6, 6.07) is 0. The zero-order chi connectivity index (χ0) is 11.0. The number of likely N-dealkylation sites (tertiary alicyclic amines) is 1. The zero-order valence-electron chi connectivity index (χ0n) is 8.95. The third-order valence-corrected chi connectivity index (χ3v) is 2.87. The lowest BCUT2D eigenvalue weighted by Gasteiger charge is -2.13. The maximum absolute atomic E-state index is 12.0. The van der Waals surface area contributed by atoms with Gasteiger partial charge >= 0.3 is 5.63 Å². The summed E-state index contributed by atoms with van der Waals surface area (Å²) in [5.41, 5.74) is 0.239. The molecule has 0 N–H and O–H groups in total. The molecular weight excluding hydrogens is 196 g/mol. The van der Waals surface area contributed by atoms with E-state index in [1.807, 2.05) is 0 Å². The summed E-state index contributed by atoms with van der Waals surface area (Å²) < 4.78 is 6.18. The van der Waals surface area contributed by atoms with Crippen molar-refractivity contribution in [3.8, 4) is 0 Å². The van der Waals surface area contributed by atoms with Gasteiger partial charge in [-0.3, -0.25) is 4.79 Å². The van der Waals surface area contributed by atoms with Gasteiger partial charge in [-0.1, -0.05) is 0 Å². The average Bonchev–Trinajstić information content (AvgIpc) is 2.76. The summed E-state index contributed by atoms with van der Waals surface area (Å²) in [5.74, 6) is -0.195. The van der Waals surface area contributed by atoms with Crippen molar-refractivity contribution in [1.82, 2.24) is 9.64 Å². The highest BCUT2D eigenvalue weighted by molar-refractivity contribution is 5.94. The van der Waals surface area contributed by atoms with Gasteiger partial charge in [0, 0.05) is 20.1 Å². The Morgan fingerprint density at radius 3 is 2.40 bits per heavy atom. The molecule has 1 aliphatic heterocycles. The maximum Gasteiger partial charge on any atom is 0.370 e. The molecule has 1 saturated heterocycles. The molecule has 2 heterocycles. The molecule has 15 heavy (non-hydrogen) atoms. The summed E-state index contributed by atoms with van der Waals surface area (Å²) >= 11 is 0. The summed E-state index contributed by atoms with van der Waals surface area (Å²) in [6.07, 6.45) is 2.03. The minimum Gasteiger partial charge on any atom is -0.338 e. The van der Waals surface area contributed by atoms with Crippen LogP contribution in [-0.2, 0) is 7.05 Å². The second-order valence-corrected chi connectivity index (χ2v) is 3.84. The zero-order valence-corrected chi connectivity index (χ0v) is 8.95. The van der Waals surface area contributed by atoms with Crippen LogP contribution < -0.4 is 5.63 Å². The molecule has 0 aromatic carbocycles. The van der Waals surface area contributed by atoms with E-state index >= 15 is 0 Å². The lowest BCUT2D eigenvalue weighted by atomic mass is 10.2. The highest BCUT2D eigenvalue weighted by Crippen LogP contribution is 2.13. The van der Waals surface area contributed by atoms with Crippen LogP contribution in [0.2, 0.25) is 0 Å². The van der Waals surface area contributed by atoms with Gasteiger partial charge in [0.2, 0.25) is 0 Å². The first-order valence-corrected chi connectivity index (χ1v) is 5.07. The molecule has 1 aliphatic rings. The van der Waals surface area contributed by atoms with Crippen LogP contribution in [0, 0.1) is 6.92 Å². The van der Waals surface area contributed by atoms with Crippen molar-refractivity contribution in [3.05, 3.63) is 21.7 Å². The van der Waals surface area contributed by atoms with E-state index in [4.69, 9.17) is 4.52 Å². The monoisotopic (exact) mass is 210 g/mol. The number of rotatable bonds is 1. The molecule has 1 fully saturated rings. The predicted octanol–water partition coefficient (Wildman–Crippen LogP) is 0.523. The second-order valence-electron chi connectivity index (χ2n) is 3.84. The van der Waals surface area contributed by atoms with Gasteiger partial charge in [-0.2, -0.15) is 0 Å². The van der Waals surface area contributed by atoms with Crippen molar-refractivity contribution in [3.63, 3.8) is 0 Å².